The molecule has 0 radical (unpaired) electrons. The normalized spacial score (nSPS) is 18.9. The number of rotatable bonds is 5. The topological polar surface area (TPSA) is 59.2 Å². The van der Waals surface area contributed by atoms with Gasteiger partial charge in [-0.2, -0.15) is 0 Å². The number of nitrogen functional groups attached to an aromatic ring is 1. The third kappa shape index (κ3) is 4.33. The molecule has 0 spiro atoms. The van der Waals surface area contributed by atoms with Gasteiger partial charge in [-0.3, -0.25) is 14.7 Å². The van der Waals surface area contributed by atoms with E-state index in [-0.39, 0.29) is 5.78 Å². The van der Waals surface area contributed by atoms with Crippen molar-refractivity contribution in [1.82, 2.24) is 9.88 Å². The lowest BCUT2D eigenvalue weighted by Gasteiger charge is -2.32. The minimum atomic E-state index is 0.0830. The van der Waals surface area contributed by atoms with E-state index in [1.54, 1.807) is 0 Å². The van der Waals surface area contributed by atoms with E-state index in [9.17, 15) is 4.79 Å². The Labute approximate surface area is 190 Å². The van der Waals surface area contributed by atoms with E-state index >= 15 is 0 Å². The Hall–Kier alpha value is -2.98. The maximum Gasteiger partial charge on any atom is 0.192 e. The summed E-state index contributed by atoms with van der Waals surface area (Å²) in [5.41, 5.74) is 11.7. The van der Waals surface area contributed by atoms with Gasteiger partial charge in [0, 0.05) is 11.9 Å². The third-order valence-corrected chi connectivity index (χ3v) is 7.08. The molecule has 3 aromatic rings. The number of benzene rings is 2. The number of Topliss-reactive ketones (excluding diaryl/α,β-unsaturated/α-hetero) is 1. The Morgan fingerprint density at radius 1 is 1.00 bits per heavy atom. The van der Waals surface area contributed by atoms with E-state index in [0.717, 1.165) is 73.4 Å². The lowest BCUT2D eigenvalue weighted by atomic mass is 9.86. The highest BCUT2D eigenvalue weighted by Crippen LogP contribution is 2.33. The number of nitrogens with two attached hydrogens (primary N) is 1. The summed E-state index contributed by atoms with van der Waals surface area (Å²) in [6.07, 6.45) is 8.36. The molecule has 32 heavy (non-hydrogen) atoms. The highest BCUT2D eigenvalue weighted by molar-refractivity contribution is 6.16. The average molecular weight is 426 g/mol. The highest BCUT2D eigenvalue weighted by Gasteiger charge is 2.27. The van der Waals surface area contributed by atoms with Crippen LogP contribution < -0.4 is 5.73 Å². The van der Waals surface area contributed by atoms with Crippen LogP contribution in [0.4, 0.5) is 5.69 Å². The van der Waals surface area contributed by atoms with Gasteiger partial charge in [-0.25, -0.2) is 0 Å². The first-order valence-corrected chi connectivity index (χ1v) is 11.9. The van der Waals surface area contributed by atoms with Gasteiger partial charge in [0.25, 0.3) is 0 Å². The maximum atomic E-state index is 13.2. The Balaban J connectivity index is 1.18. The van der Waals surface area contributed by atoms with Crippen LogP contribution in [0.2, 0.25) is 0 Å². The largest absolute Gasteiger partial charge is 0.398 e. The van der Waals surface area contributed by atoms with Gasteiger partial charge in [-0.15, -0.1) is 0 Å². The van der Waals surface area contributed by atoms with Gasteiger partial charge in [0.2, 0.25) is 0 Å². The highest BCUT2D eigenvalue weighted by atomic mass is 16.1. The van der Waals surface area contributed by atoms with Crippen molar-refractivity contribution in [2.24, 2.45) is 5.92 Å². The van der Waals surface area contributed by atoms with E-state index in [1.807, 2.05) is 24.3 Å². The Morgan fingerprint density at radius 3 is 2.56 bits per heavy atom. The number of hydrogen-bond donors (Lipinski definition) is 1. The number of anilines is 1. The van der Waals surface area contributed by atoms with Crippen LogP contribution in [0.3, 0.4) is 0 Å². The van der Waals surface area contributed by atoms with Gasteiger partial charge in [0.05, 0.1) is 22.5 Å². The van der Waals surface area contributed by atoms with Crippen LogP contribution in [0.5, 0.6) is 0 Å². The summed E-state index contributed by atoms with van der Waals surface area (Å²) < 4.78 is 0. The molecule has 5 rings (SSSR count). The van der Waals surface area contributed by atoms with Crippen LogP contribution in [-0.2, 0) is 13.0 Å². The number of carbonyl (C=O) groups is 1. The molecule has 0 unspecified atom stereocenters. The number of aromatic nitrogens is 1. The summed E-state index contributed by atoms with van der Waals surface area (Å²) in [7, 11) is 0. The lowest BCUT2D eigenvalue weighted by Crippen LogP contribution is -2.33. The van der Waals surface area contributed by atoms with Gasteiger partial charge in [0.15, 0.2) is 5.78 Å². The zero-order valence-electron chi connectivity index (χ0n) is 18.6. The SMILES string of the molecule is Nc1c2c(nc3ccccc13)CC/C(=C\CCC1CCN(Cc3ccccc3)CC1)C2=O. The van der Waals surface area contributed by atoms with Crippen molar-refractivity contribution < 1.29 is 4.79 Å². The number of para-hydroxylation sites is 1. The molecule has 164 valence electrons. The molecule has 1 aromatic heterocycles. The molecule has 1 saturated heterocycles. The number of pyridine rings is 1. The molecule has 0 amide bonds. The molecule has 1 aliphatic heterocycles. The molecule has 0 saturated carbocycles. The molecule has 2 N–H and O–H groups in total. The van der Waals surface area contributed by atoms with E-state index in [2.05, 4.69) is 41.3 Å². The van der Waals surface area contributed by atoms with Crippen LogP contribution in [-0.4, -0.2) is 28.8 Å². The maximum absolute atomic E-state index is 13.2. The zero-order chi connectivity index (χ0) is 21.9. The summed E-state index contributed by atoms with van der Waals surface area (Å²) in [4.78, 5) is 20.5. The molecule has 2 heterocycles. The molecule has 0 bridgehead atoms. The number of carbonyl (C=O) groups excluding carboxylic acids is 1. The molecule has 2 aliphatic rings. The number of hydrogen-bond acceptors (Lipinski definition) is 4. The van der Waals surface area contributed by atoms with Crippen molar-refractivity contribution in [2.45, 2.75) is 45.1 Å². The summed E-state index contributed by atoms with van der Waals surface area (Å²) in [5, 5.41) is 0.878. The minimum Gasteiger partial charge on any atom is -0.398 e. The molecule has 0 atom stereocenters. The second-order valence-electron chi connectivity index (χ2n) is 9.21. The number of piperidine rings is 1. The fourth-order valence-corrected chi connectivity index (χ4v) is 5.21. The minimum absolute atomic E-state index is 0.0830. The smallest absolute Gasteiger partial charge is 0.192 e. The monoisotopic (exact) mass is 425 g/mol. The van der Waals surface area contributed by atoms with Gasteiger partial charge in [-0.05, 0) is 74.7 Å². The predicted molar refractivity (Wildman–Crippen MR) is 131 cm³/mol. The summed E-state index contributed by atoms with van der Waals surface area (Å²) in [5.74, 6) is 0.834. The number of fused-ring (bicyclic) bond motifs is 2. The van der Waals surface area contributed by atoms with Crippen LogP contribution in [0, 0.1) is 5.92 Å². The predicted octanol–water partition coefficient (Wildman–Crippen LogP) is 5.56. The van der Waals surface area contributed by atoms with Crippen molar-refractivity contribution >= 4 is 22.4 Å². The van der Waals surface area contributed by atoms with Crippen LogP contribution >= 0.6 is 0 Å². The van der Waals surface area contributed by atoms with E-state index in [1.165, 1.54) is 18.4 Å². The van der Waals surface area contributed by atoms with Gasteiger partial charge < -0.3 is 5.73 Å². The van der Waals surface area contributed by atoms with E-state index < -0.39 is 0 Å². The molecule has 2 aromatic carbocycles. The van der Waals surface area contributed by atoms with Crippen molar-refractivity contribution in [3.8, 4) is 0 Å². The molecule has 4 nitrogen and oxygen atoms in total. The van der Waals surface area contributed by atoms with E-state index in [0.29, 0.717) is 11.3 Å². The first-order valence-electron chi connectivity index (χ1n) is 11.9. The van der Waals surface area contributed by atoms with Crippen molar-refractivity contribution in [2.75, 3.05) is 18.8 Å². The van der Waals surface area contributed by atoms with E-state index in [4.69, 9.17) is 10.7 Å². The van der Waals surface area contributed by atoms with Crippen LogP contribution in [0.25, 0.3) is 10.9 Å². The second-order valence-corrected chi connectivity index (χ2v) is 9.21. The average Bonchev–Trinajstić information content (AvgIpc) is 2.82. The fraction of sp³-hybridized carbons (Fsp3) is 0.357. The first kappa shape index (κ1) is 20.9. The summed E-state index contributed by atoms with van der Waals surface area (Å²) in [6, 6.07) is 18.6. The fourth-order valence-electron chi connectivity index (χ4n) is 5.21. The number of allylic oxidation sites excluding steroid dienone is 2. The van der Waals surface area contributed by atoms with Crippen LogP contribution in [0.1, 0.15) is 53.7 Å². The molecule has 4 heteroatoms. The van der Waals surface area contributed by atoms with Gasteiger partial charge in [-0.1, -0.05) is 54.6 Å². The zero-order valence-corrected chi connectivity index (χ0v) is 18.6. The quantitative estimate of drug-likeness (QED) is 0.543. The molecular weight excluding hydrogens is 394 g/mol. The summed E-state index contributed by atoms with van der Waals surface area (Å²) in [6.45, 7) is 3.38. The van der Waals surface area contributed by atoms with Gasteiger partial charge >= 0.3 is 0 Å². The third-order valence-electron chi connectivity index (χ3n) is 7.08. The van der Waals surface area contributed by atoms with Crippen molar-refractivity contribution in [1.29, 1.82) is 0 Å². The Bertz CT molecular complexity index is 1140. The van der Waals surface area contributed by atoms with Crippen molar-refractivity contribution in [3.05, 3.63) is 83.1 Å². The number of ketones is 1. The number of likely N-dealkylation sites (tertiary alicyclic amines) is 1. The second kappa shape index (κ2) is 9.25. The molecular formula is C28H31N3O. The van der Waals surface area contributed by atoms with Gasteiger partial charge in [0.1, 0.15) is 0 Å². The summed E-state index contributed by atoms with van der Waals surface area (Å²) >= 11 is 0. The van der Waals surface area contributed by atoms with Crippen molar-refractivity contribution in [3.63, 3.8) is 0 Å². The molecule has 1 aliphatic carbocycles. The molecule has 1 fully saturated rings. The number of aryl methyl sites for hydroxylation is 1. The number of nitrogens with zero attached hydrogens (tertiary/aromatic N) is 2. The Morgan fingerprint density at radius 2 is 1.75 bits per heavy atom. The first-order chi connectivity index (χ1) is 15.7. The van der Waals surface area contributed by atoms with Crippen LogP contribution in [0.15, 0.2) is 66.2 Å². The lowest BCUT2D eigenvalue weighted by molar-refractivity contribution is 0.102. The Kier molecular flexibility index (Phi) is 6.04. The standard InChI is InChI=1S/C28H31N3O/c29-27-23-11-4-5-12-24(23)30-25-14-13-22(28(32)26(25)27)10-6-9-20-15-17-31(18-16-20)19-21-7-2-1-3-8-21/h1-5,7-8,10-12,20H,6,9,13-19H2,(H2,29,30)/b22-10+.